The van der Waals surface area contributed by atoms with Gasteiger partial charge in [0.15, 0.2) is 0 Å². The van der Waals surface area contributed by atoms with Crippen molar-refractivity contribution in [3.8, 4) is 0 Å². The fourth-order valence-corrected chi connectivity index (χ4v) is 1.81. The molecule has 0 saturated carbocycles. The van der Waals surface area contributed by atoms with E-state index in [1.54, 1.807) is 18.6 Å². The summed E-state index contributed by atoms with van der Waals surface area (Å²) < 4.78 is 0. The van der Waals surface area contributed by atoms with Gasteiger partial charge in [-0.3, -0.25) is 14.8 Å². The van der Waals surface area contributed by atoms with Crippen molar-refractivity contribution in [2.45, 2.75) is 19.8 Å². The first-order valence-electron chi connectivity index (χ1n) is 6.36. The molecule has 0 spiro atoms. The summed E-state index contributed by atoms with van der Waals surface area (Å²) in [4.78, 5) is 20.1. The fraction of sp³-hybridized carbons (Fsp3) is 0.267. The summed E-state index contributed by atoms with van der Waals surface area (Å²) in [5, 5.41) is 2.90. The second kappa shape index (κ2) is 6.64. The predicted molar refractivity (Wildman–Crippen MR) is 73.9 cm³/mol. The van der Waals surface area contributed by atoms with Gasteiger partial charge in [-0.25, -0.2) is 0 Å². The van der Waals surface area contributed by atoms with Gasteiger partial charge >= 0.3 is 0 Å². The zero-order valence-electron chi connectivity index (χ0n) is 11.0. The van der Waals surface area contributed by atoms with Crippen LogP contribution in [0.3, 0.4) is 0 Å². The molecule has 98 valence electrons. The molecule has 1 amide bonds. The molecule has 2 aromatic heterocycles. The summed E-state index contributed by atoms with van der Waals surface area (Å²) in [7, 11) is 0. The lowest BCUT2D eigenvalue weighted by atomic mass is 10.1. The van der Waals surface area contributed by atoms with Gasteiger partial charge in [-0.15, -0.1) is 0 Å². The second-order valence-electron chi connectivity index (χ2n) is 4.37. The van der Waals surface area contributed by atoms with Gasteiger partial charge in [0.1, 0.15) is 0 Å². The Bertz CT molecular complexity index is 540. The van der Waals surface area contributed by atoms with Crippen molar-refractivity contribution >= 4 is 5.91 Å². The summed E-state index contributed by atoms with van der Waals surface area (Å²) in [6.45, 7) is 2.55. The van der Waals surface area contributed by atoms with E-state index < -0.39 is 0 Å². The van der Waals surface area contributed by atoms with Gasteiger partial charge in [-0.05, 0) is 43.5 Å². The first kappa shape index (κ1) is 13.2. The summed E-state index contributed by atoms with van der Waals surface area (Å²) in [5.41, 5.74) is 2.63. The van der Waals surface area contributed by atoms with E-state index in [1.807, 2.05) is 31.2 Å². The van der Waals surface area contributed by atoms with Crippen LogP contribution in [0.15, 0.2) is 42.9 Å². The van der Waals surface area contributed by atoms with Crippen molar-refractivity contribution in [1.29, 1.82) is 0 Å². The molecule has 0 unspecified atom stereocenters. The lowest BCUT2D eigenvalue weighted by molar-refractivity contribution is 0.0952. The summed E-state index contributed by atoms with van der Waals surface area (Å²) in [5.74, 6) is -0.0633. The zero-order chi connectivity index (χ0) is 13.5. The van der Waals surface area contributed by atoms with E-state index in [4.69, 9.17) is 0 Å². The first-order valence-corrected chi connectivity index (χ1v) is 6.36. The lowest BCUT2D eigenvalue weighted by Crippen LogP contribution is -2.25. The average Bonchev–Trinajstić information content (AvgIpc) is 2.45. The molecule has 0 atom stereocenters. The second-order valence-corrected chi connectivity index (χ2v) is 4.37. The molecule has 0 radical (unpaired) electrons. The topological polar surface area (TPSA) is 54.9 Å². The molecule has 19 heavy (non-hydrogen) atoms. The van der Waals surface area contributed by atoms with Gasteiger partial charge in [0, 0.05) is 30.8 Å². The van der Waals surface area contributed by atoms with E-state index in [1.165, 1.54) is 0 Å². The van der Waals surface area contributed by atoms with Gasteiger partial charge in [0.2, 0.25) is 0 Å². The van der Waals surface area contributed by atoms with Crippen molar-refractivity contribution in [2.75, 3.05) is 6.54 Å². The molecule has 4 nitrogen and oxygen atoms in total. The number of hydrogen-bond donors (Lipinski definition) is 1. The van der Waals surface area contributed by atoms with Gasteiger partial charge in [-0.1, -0.05) is 6.07 Å². The number of pyridine rings is 2. The molecule has 0 aliphatic rings. The van der Waals surface area contributed by atoms with E-state index in [-0.39, 0.29) is 5.91 Å². The van der Waals surface area contributed by atoms with Crippen LogP contribution in [0.25, 0.3) is 0 Å². The van der Waals surface area contributed by atoms with Gasteiger partial charge in [-0.2, -0.15) is 0 Å². The number of carbonyl (C=O) groups excluding carboxylic acids is 1. The Morgan fingerprint density at radius 1 is 1.26 bits per heavy atom. The molecule has 2 rings (SSSR count). The molecule has 4 heteroatoms. The molecule has 0 bridgehead atoms. The maximum atomic E-state index is 11.9. The minimum atomic E-state index is -0.0633. The Labute approximate surface area is 112 Å². The quantitative estimate of drug-likeness (QED) is 0.833. The van der Waals surface area contributed by atoms with E-state index >= 15 is 0 Å². The van der Waals surface area contributed by atoms with Crippen LogP contribution in [0, 0.1) is 6.92 Å². The van der Waals surface area contributed by atoms with Gasteiger partial charge in [0.25, 0.3) is 5.91 Å². The van der Waals surface area contributed by atoms with E-state index in [0.29, 0.717) is 12.1 Å². The number of rotatable bonds is 5. The van der Waals surface area contributed by atoms with Crippen LogP contribution < -0.4 is 5.32 Å². The van der Waals surface area contributed by atoms with Crippen LogP contribution in [0.1, 0.15) is 28.0 Å². The Kier molecular flexibility index (Phi) is 4.61. The molecule has 0 saturated heterocycles. The highest BCUT2D eigenvalue weighted by Gasteiger charge is 2.07. The molecular formula is C15H17N3O. The number of nitrogens with zero attached hydrogens (tertiary/aromatic N) is 2. The van der Waals surface area contributed by atoms with Crippen LogP contribution in [-0.4, -0.2) is 22.4 Å². The van der Waals surface area contributed by atoms with Crippen molar-refractivity contribution in [3.05, 3.63) is 59.7 Å². The number of hydrogen-bond acceptors (Lipinski definition) is 3. The summed E-state index contributed by atoms with van der Waals surface area (Å²) in [6.07, 6.45) is 6.82. The number of nitrogens with one attached hydrogen (secondary N) is 1. The highest BCUT2D eigenvalue weighted by Crippen LogP contribution is 2.04. The molecule has 1 N–H and O–H groups in total. The lowest BCUT2D eigenvalue weighted by Gasteiger charge is -2.06. The molecule has 2 aromatic rings. The van der Waals surface area contributed by atoms with Crippen molar-refractivity contribution in [1.82, 2.24) is 15.3 Å². The highest BCUT2D eigenvalue weighted by atomic mass is 16.1. The monoisotopic (exact) mass is 255 g/mol. The first-order chi connectivity index (χ1) is 9.27. The van der Waals surface area contributed by atoms with Crippen LogP contribution in [-0.2, 0) is 6.42 Å². The number of aryl methyl sites for hydroxylation is 2. The van der Waals surface area contributed by atoms with E-state index in [2.05, 4.69) is 15.3 Å². The van der Waals surface area contributed by atoms with Crippen LogP contribution >= 0.6 is 0 Å². The maximum absolute atomic E-state index is 11.9. The SMILES string of the molecule is Cc1ccncc1C(=O)NCCCc1ccccn1. The summed E-state index contributed by atoms with van der Waals surface area (Å²) >= 11 is 0. The smallest absolute Gasteiger partial charge is 0.253 e. The third kappa shape index (κ3) is 3.88. The molecular weight excluding hydrogens is 238 g/mol. The molecule has 0 aliphatic carbocycles. The van der Waals surface area contributed by atoms with Crippen LogP contribution in [0.5, 0.6) is 0 Å². The summed E-state index contributed by atoms with van der Waals surface area (Å²) in [6, 6.07) is 7.70. The molecule has 0 aromatic carbocycles. The Hall–Kier alpha value is -2.23. The maximum Gasteiger partial charge on any atom is 0.253 e. The Balaban J connectivity index is 1.77. The normalized spacial score (nSPS) is 10.2. The largest absolute Gasteiger partial charge is 0.352 e. The van der Waals surface area contributed by atoms with Gasteiger partial charge in [0.05, 0.1) is 5.56 Å². The molecule has 0 fully saturated rings. The third-order valence-electron chi connectivity index (χ3n) is 2.91. The standard InChI is InChI=1S/C15H17N3O/c1-12-7-10-16-11-14(12)15(19)18-9-4-6-13-5-2-3-8-17-13/h2-3,5,7-8,10-11H,4,6,9H2,1H3,(H,18,19). The Morgan fingerprint density at radius 2 is 2.16 bits per heavy atom. The number of amides is 1. The Morgan fingerprint density at radius 3 is 2.89 bits per heavy atom. The zero-order valence-corrected chi connectivity index (χ0v) is 11.0. The third-order valence-corrected chi connectivity index (χ3v) is 2.91. The predicted octanol–water partition coefficient (Wildman–Crippen LogP) is 2.15. The van der Waals surface area contributed by atoms with E-state index in [0.717, 1.165) is 24.1 Å². The van der Waals surface area contributed by atoms with Gasteiger partial charge < -0.3 is 5.32 Å². The van der Waals surface area contributed by atoms with Crippen molar-refractivity contribution in [3.63, 3.8) is 0 Å². The number of aromatic nitrogens is 2. The molecule has 2 heterocycles. The van der Waals surface area contributed by atoms with Crippen LogP contribution in [0.4, 0.5) is 0 Å². The van der Waals surface area contributed by atoms with Crippen LogP contribution in [0.2, 0.25) is 0 Å². The van der Waals surface area contributed by atoms with Crippen molar-refractivity contribution < 1.29 is 4.79 Å². The highest BCUT2D eigenvalue weighted by molar-refractivity contribution is 5.95. The average molecular weight is 255 g/mol. The fourth-order valence-electron chi connectivity index (χ4n) is 1.81. The minimum absolute atomic E-state index is 0.0633. The van der Waals surface area contributed by atoms with Crippen molar-refractivity contribution in [2.24, 2.45) is 0 Å². The molecule has 0 aliphatic heterocycles. The minimum Gasteiger partial charge on any atom is -0.352 e. The number of carbonyl (C=O) groups is 1. The van der Waals surface area contributed by atoms with E-state index in [9.17, 15) is 4.79 Å².